The van der Waals surface area contributed by atoms with Crippen LogP contribution in [0.2, 0.25) is 0 Å². The molecule has 2 aliphatic rings. The number of benzene rings is 1. The summed E-state index contributed by atoms with van der Waals surface area (Å²) in [6.07, 6.45) is 2.04. The molecule has 1 aromatic carbocycles. The summed E-state index contributed by atoms with van der Waals surface area (Å²) in [4.78, 5) is 17.2. The van der Waals surface area contributed by atoms with Crippen LogP contribution >= 0.6 is 0 Å². The Hall–Kier alpha value is -2.31. The zero-order chi connectivity index (χ0) is 19.3. The fourth-order valence-corrected chi connectivity index (χ4v) is 4.03. The number of fused-ring (bicyclic) bond motifs is 1. The summed E-state index contributed by atoms with van der Waals surface area (Å²) in [7, 11) is 0. The van der Waals surface area contributed by atoms with Crippen molar-refractivity contribution < 1.29 is 13.9 Å². The first-order valence-corrected chi connectivity index (χ1v) is 10.2. The van der Waals surface area contributed by atoms with Gasteiger partial charge in [-0.15, -0.1) is 0 Å². The van der Waals surface area contributed by atoms with Crippen LogP contribution in [-0.4, -0.2) is 56.7 Å². The molecule has 0 radical (unpaired) electrons. The summed E-state index contributed by atoms with van der Waals surface area (Å²) in [5.41, 5.74) is 3.41. The van der Waals surface area contributed by atoms with Crippen LogP contribution in [-0.2, 0) is 17.7 Å². The molecule has 0 saturated carbocycles. The number of rotatable bonds is 7. The second-order valence-corrected chi connectivity index (χ2v) is 7.55. The van der Waals surface area contributed by atoms with Crippen molar-refractivity contribution in [2.45, 2.75) is 26.3 Å². The van der Waals surface area contributed by atoms with Crippen molar-refractivity contribution in [1.29, 1.82) is 0 Å². The van der Waals surface area contributed by atoms with Crippen LogP contribution in [0.3, 0.4) is 0 Å². The van der Waals surface area contributed by atoms with Crippen LogP contribution in [0.5, 0.6) is 0 Å². The Morgan fingerprint density at radius 1 is 1.18 bits per heavy atom. The normalized spacial score (nSPS) is 17.0. The number of nitrogens with one attached hydrogen (secondary N) is 1. The lowest BCUT2D eigenvalue weighted by atomic mass is 10.2. The van der Waals surface area contributed by atoms with Gasteiger partial charge in [0.2, 0.25) is 0 Å². The molecule has 2 aromatic rings. The zero-order valence-electron chi connectivity index (χ0n) is 16.6. The van der Waals surface area contributed by atoms with E-state index in [0.717, 1.165) is 64.5 Å². The standard InChI is InChI=1S/C22H29N3O3/c1-17-20(15-19(28-17)16-24-11-13-27-14-12-24)22(26)23-8-4-9-25-10-7-18-5-2-3-6-21(18)25/h2-3,5-6,15H,4,7-14,16H2,1H3,(H,23,26). The molecule has 0 bridgehead atoms. The van der Waals surface area contributed by atoms with Crippen molar-refractivity contribution >= 4 is 11.6 Å². The van der Waals surface area contributed by atoms with E-state index in [0.29, 0.717) is 17.9 Å². The topological polar surface area (TPSA) is 58.0 Å². The van der Waals surface area contributed by atoms with E-state index < -0.39 is 0 Å². The van der Waals surface area contributed by atoms with Gasteiger partial charge in [0.15, 0.2) is 0 Å². The predicted octanol–water partition coefficient (Wildman–Crippen LogP) is 2.60. The molecule has 1 N–H and O–H groups in total. The molecular formula is C22H29N3O3. The average molecular weight is 383 g/mol. The molecule has 6 nitrogen and oxygen atoms in total. The Bertz CT molecular complexity index is 811. The molecular weight excluding hydrogens is 354 g/mol. The largest absolute Gasteiger partial charge is 0.464 e. The van der Waals surface area contributed by atoms with Crippen molar-refractivity contribution in [2.24, 2.45) is 0 Å². The van der Waals surface area contributed by atoms with Crippen LogP contribution in [0.15, 0.2) is 34.7 Å². The summed E-state index contributed by atoms with van der Waals surface area (Å²) in [6, 6.07) is 10.5. The van der Waals surface area contributed by atoms with Gasteiger partial charge in [0.1, 0.15) is 11.5 Å². The number of para-hydroxylation sites is 1. The van der Waals surface area contributed by atoms with Gasteiger partial charge >= 0.3 is 0 Å². The fraction of sp³-hybridized carbons (Fsp3) is 0.500. The van der Waals surface area contributed by atoms with Crippen molar-refractivity contribution in [3.63, 3.8) is 0 Å². The van der Waals surface area contributed by atoms with Gasteiger partial charge in [0, 0.05) is 38.4 Å². The number of aryl methyl sites for hydroxylation is 1. The molecule has 150 valence electrons. The molecule has 0 aliphatic carbocycles. The van der Waals surface area contributed by atoms with E-state index in [1.807, 2.05) is 13.0 Å². The maximum absolute atomic E-state index is 12.5. The lowest BCUT2D eigenvalue weighted by Gasteiger charge is -2.25. The Balaban J connectivity index is 1.24. The summed E-state index contributed by atoms with van der Waals surface area (Å²) >= 11 is 0. The van der Waals surface area contributed by atoms with Gasteiger partial charge < -0.3 is 19.4 Å². The monoisotopic (exact) mass is 383 g/mol. The summed E-state index contributed by atoms with van der Waals surface area (Å²) < 4.78 is 11.2. The number of hydrogen-bond acceptors (Lipinski definition) is 5. The number of amides is 1. The van der Waals surface area contributed by atoms with Crippen LogP contribution in [0.25, 0.3) is 0 Å². The molecule has 6 heteroatoms. The quantitative estimate of drug-likeness (QED) is 0.745. The first-order chi connectivity index (χ1) is 13.7. The number of ether oxygens (including phenoxy) is 1. The molecule has 1 amide bonds. The van der Waals surface area contributed by atoms with Crippen LogP contribution in [0.1, 0.15) is 33.9 Å². The maximum atomic E-state index is 12.5. The molecule has 0 atom stereocenters. The Morgan fingerprint density at radius 2 is 2.00 bits per heavy atom. The van der Waals surface area contributed by atoms with Gasteiger partial charge in [0.05, 0.1) is 25.3 Å². The molecule has 0 unspecified atom stereocenters. The highest BCUT2D eigenvalue weighted by Gasteiger charge is 2.19. The zero-order valence-corrected chi connectivity index (χ0v) is 16.6. The number of morpholine rings is 1. The van der Waals surface area contributed by atoms with E-state index in [9.17, 15) is 4.79 Å². The first kappa shape index (κ1) is 19.0. The van der Waals surface area contributed by atoms with Crippen LogP contribution in [0, 0.1) is 6.92 Å². The lowest BCUT2D eigenvalue weighted by molar-refractivity contribution is 0.0312. The van der Waals surface area contributed by atoms with Crippen molar-refractivity contribution in [1.82, 2.24) is 10.2 Å². The predicted molar refractivity (Wildman–Crippen MR) is 109 cm³/mol. The second-order valence-electron chi connectivity index (χ2n) is 7.55. The lowest BCUT2D eigenvalue weighted by Crippen LogP contribution is -2.35. The first-order valence-electron chi connectivity index (χ1n) is 10.2. The van der Waals surface area contributed by atoms with Crippen LogP contribution in [0.4, 0.5) is 5.69 Å². The Labute approximate surface area is 166 Å². The fourth-order valence-electron chi connectivity index (χ4n) is 4.03. The van der Waals surface area contributed by atoms with Crippen molar-refractivity contribution in [3.05, 3.63) is 53.0 Å². The minimum atomic E-state index is -0.0451. The van der Waals surface area contributed by atoms with E-state index in [2.05, 4.69) is 39.4 Å². The van der Waals surface area contributed by atoms with Gasteiger partial charge in [-0.2, -0.15) is 0 Å². The second kappa shape index (κ2) is 8.80. The number of carbonyl (C=O) groups excluding carboxylic acids is 1. The van der Waals surface area contributed by atoms with E-state index in [1.165, 1.54) is 11.3 Å². The molecule has 4 rings (SSSR count). The van der Waals surface area contributed by atoms with Crippen LogP contribution < -0.4 is 10.2 Å². The SMILES string of the molecule is Cc1oc(CN2CCOCC2)cc1C(=O)NCCCN1CCc2ccccc21. The molecule has 1 saturated heterocycles. The summed E-state index contributed by atoms with van der Waals surface area (Å²) in [6.45, 7) is 8.61. The highest BCUT2D eigenvalue weighted by molar-refractivity contribution is 5.95. The molecule has 0 spiro atoms. The summed E-state index contributed by atoms with van der Waals surface area (Å²) in [5.74, 6) is 1.49. The number of carbonyl (C=O) groups is 1. The third-order valence-electron chi connectivity index (χ3n) is 5.57. The molecule has 2 aliphatic heterocycles. The maximum Gasteiger partial charge on any atom is 0.254 e. The van der Waals surface area contributed by atoms with E-state index in [4.69, 9.17) is 9.15 Å². The van der Waals surface area contributed by atoms with Gasteiger partial charge in [-0.05, 0) is 37.5 Å². The van der Waals surface area contributed by atoms with E-state index in [-0.39, 0.29) is 5.91 Å². The molecule has 28 heavy (non-hydrogen) atoms. The third kappa shape index (κ3) is 4.39. The smallest absolute Gasteiger partial charge is 0.254 e. The Kier molecular flexibility index (Phi) is 5.98. The number of nitrogens with zero attached hydrogens (tertiary/aromatic N) is 2. The Morgan fingerprint density at radius 3 is 2.86 bits per heavy atom. The van der Waals surface area contributed by atoms with Gasteiger partial charge in [0.25, 0.3) is 5.91 Å². The summed E-state index contributed by atoms with van der Waals surface area (Å²) in [5, 5.41) is 3.05. The number of anilines is 1. The highest BCUT2D eigenvalue weighted by Crippen LogP contribution is 2.27. The average Bonchev–Trinajstić information content (AvgIpc) is 3.29. The number of hydrogen-bond donors (Lipinski definition) is 1. The van der Waals surface area contributed by atoms with Gasteiger partial charge in [-0.3, -0.25) is 9.69 Å². The van der Waals surface area contributed by atoms with Crippen molar-refractivity contribution in [2.75, 3.05) is 50.8 Å². The number of furan rings is 1. The van der Waals surface area contributed by atoms with Gasteiger partial charge in [-0.1, -0.05) is 18.2 Å². The van der Waals surface area contributed by atoms with Gasteiger partial charge in [-0.25, -0.2) is 0 Å². The van der Waals surface area contributed by atoms with E-state index >= 15 is 0 Å². The van der Waals surface area contributed by atoms with Crippen molar-refractivity contribution in [3.8, 4) is 0 Å². The molecule has 3 heterocycles. The van der Waals surface area contributed by atoms with E-state index in [1.54, 1.807) is 0 Å². The minimum absolute atomic E-state index is 0.0451. The molecule has 1 fully saturated rings. The highest BCUT2D eigenvalue weighted by atomic mass is 16.5. The third-order valence-corrected chi connectivity index (χ3v) is 5.57. The molecule has 1 aromatic heterocycles. The minimum Gasteiger partial charge on any atom is -0.464 e.